The van der Waals surface area contributed by atoms with E-state index in [1.807, 2.05) is 31.5 Å². The molecule has 2 aromatic heterocycles. The summed E-state index contributed by atoms with van der Waals surface area (Å²) in [6.45, 7) is 0. The van der Waals surface area contributed by atoms with Gasteiger partial charge in [0.1, 0.15) is 5.82 Å². The van der Waals surface area contributed by atoms with Gasteiger partial charge in [-0.25, -0.2) is 4.98 Å². The molecular weight excluding hydrogens is 326 g/mol. The van der Waals surface area contributed by atoms with Crippen molar-refractivity contribution in [1.82, 2.24) is 9.97 Å². The Morgan fingerprint density at radius 2 is 1.81 bits per heavy atom. The molecule has 0 bridgehead atoms. The van der Waals surface area contributed by atoms with E-state index in [0.29, 0.717) is 0 Å². The van der Waals surface area contributed by atoms with Crippen molar-refractivity contribution in [3.05, 3.63) is 64.4 Å². The van der Waals surface area contributed by atoms with Gasteiger partial charge in [-0.1, -0.05) is 24.3 Å². The van der Waals surface area contributed by atoms with Crippen molar-refractivity contribution in [3.63, 3.8) is 0 Å². The zero-order valence-electron chi connectivity index (χ0n) is 11.5. The van der Waals surface area contributed by atoms with Crippen LogP contribution in [0.2, 0.25) is 0 Å². The van der Waals surface area contributed by atoms with Crippen LogP contribution < -0.4 is 5.32 Å². The van der Waals surface area contributed by atoms with Crippen LogP contribution in [0.25, 0.3) is 23.1 Å². The third kappa shape index (κ3) is 3.28. The van der Waals surface area contributed by atoms with Gasteiger partial charge >= 0.3 is 0 Å². The molecule has 21 heavy (non-hydrogen) atoms. The summed E-state index contributed by atoms with van der Waals surface area (Å²) in [7, 11) is 1.87. The molecule has 3 rings (SSSR count). The summed E-state index contributed by atoms with van der Waals surface area (Å²) in [4.78, 5) is 8.71. The Kier molecular flexibility index (Phi) is 3.97. The molecule has 0 aliphatic rings. The molecule has 1 aromatic carbocycles. The van der Waals surface area contributed by atoms with Crippen LogP contribution in [0, 0.1) is 0 Å². The Labute approximate surface area is 131 Å². The third-order valence-corrected chi connectivity index (χ3v) is 3.60. The molecule has 0 atom stereocenters. The monoisotopic (exact) mass is 339 g/mol. The van der Waals surface area contributed by atoms with Gasteiger partial charge in [-0.2, -0.15) is 0 Å². The molecule has 3 nitrogen and oxygen atoms in total. The number of hydrogen-bond acceptors (Lipinski definition) is 3. The number of nitrogens with zero attached hydrogens (tertiary/aromatic N) is 2. The number of anilines is 1. The topological polar surface area (TPSA) is 37.8 Å². The van der Waals surface area contributed by atoms with Gasteiger partial charge in [0.25, 0.3) is 0 Å². The van der Waals surface area contributed by atoms with Crippen molar-refractivity contribution in [2.24, 2.45) is 0 Å². The molecule has 3 aromatic rings. The maximum atomic E-state index is 4.56. The van der Waals surface area contributed by atoms with Crippen molar-refractivity contribution >= 4 is 44.8 Å². The van der Waals surface area contributed by atoms with Gasteiger partial charge in [-0.3, -0.25) is 4.98 Å². The summed E-state index contributed by atoms with van der Waals surface area (Å²) in [5, 5.41) is 4.19. The SMILES string of the molecule is CNc1ccc2ccc(/C=C/c3cncc(Br)c3)cc2n1. The molecule has 0 spiro atoms. The van der Waals surface area contributed by atoms with Crippen molar-refractivity contribution < 1.29 is 0 Å². The fraction of sp³-hybridized carbons (Fsp3) is 0.0588. The van der Waals surface area contributed by atoms with E-state index in [1.54, 1.807) is 6.20 Å². The second-order valence-electron chi connectivity index (χ2n) is 4.67. The highest BCUT2D eigenvalue weighted by Crippen LogP contribution is 2.19. The minimum absolute atomic E-state index is 0.875. The summed E-state index contributed by atoms with van der Waals surface area (Å²) >= 11 is 3.42. The Bertz CT molecular complexity index is 812. The minimum atomic E-state index is 0.875. The summed E-state index contributed by atoms with van der Waals surface area (Å²) < 4.78 is 0.975. The van der Waals surface area contributed by atoms with Crippen molar-refractivity contribution in [2.45, 2.75) is 0 Å². The molecule has 0 aliphatic carbocycles. The number of benzene rings is 1. The molecule has 0 radical (unpaired) electrons. The van der Waals surface area contributed by atoms with E-state index in [4.69, 9.17) is 0 Å². The van der Waals surface area contributed by atoms with E-state index in [2.05, 4.69) is 61.6 Å². The second kappa shape index (κ2) is 6.06. The first-order chi connectivity index (χ1) is 10.2. The van der Waals surface area contributed by atoms with E-state index < -0.39 is 0 Å². The maximum Gasteiger partial charge on any atom is 0.126 e. The Morgan fingerprint density at radius 1 is 1.00 bits per heavy atom. The van der Waals surface area contributed by atoms with Crippen molar-refractivity contribution in [2.75, 3.05) is 12.4 Å². The summed E-state index contributed by atoms with van der Waals surface area (Å²) in [5.41, 5.74) is 3.15. The molecule has 0 unspecified atom stereocenters. The summed E-state index contributed by atoms with van der Waals surface area (Å²) in [6, 6.07) is 12.3. The zero-order chi connectivity index (χ0) is 14.7. The average molecular weight is 340 g/mol. The van der Waals surface area contributed by atoms with E-state index in [0.717, 1.165) is 32.3 Å². The smallest absolute Gasteiger partial charge is 0.126 e. The summed E-state index contributed by atoms with van der Waals surface area (Å²) in [6.07, 6.45) is 7.72. The van der Waals surface area contributed by atoms with Gasteiger partial charge in [0.2, 0.25) is 0 Å². The van der Waals surface area contributed by atoms with Crippen LogP contribution in [0.4, 0.5) is 5.82 Å². The van der Waals surface area contributed by atoms with Crippen molar-refractivity contribution in [3.8, 4) is 0 Å². The van der Waals surface area contributed by atoms with Crippen LogP contribution in [0.15, 0.2) is 53.3 Å². The van der Waals surface area contributed by atoms with Crippen LogP contribution in [0.1, 0.15) is 11.1 Å². The molecule has 0 aliphatic heterocycles. The molecule has 2 heterocycles. The third-order valence-electron chi connectivity index (χ3n) is 3.17. The number of aromatic nitrogens is 2. The van der Waals surface area contributed by atoms with Gasteiger partial charge in [0.05, 0.1) is 5.52 Å². The van der Waals surface area contributed by atoms with E-state index in [1.165, 1.54) is 0 Å². The first-order valence-corrected chi connectivity index (χ1v) is 7.41. The van der Waals surface area contributed by atoms with Crippen LogP contribution in [-0.4, -0.2) is 17.0 Å². The van der Waals surface area contributed by atoms with Crippen LogP contribution in [0.5, 0.6) is 0 Å². The lowest BCUT2D eigenvalue weighted by Crippen LogP contribution is -1.91. The largest absolute Gasteiger partial charge is 0.373 e. The molecule has 0 fully saturated rings. The lowest BCUT2D eigenvalue weighted by atomic mass is 10.1. The molecule has 4 heteroatoms. The Morgan fingerprint density at radius 3 is 2.62 bits per heavy atom. The van der Waals surface area contributed by atoms with E-state index in [-0.39, 0.29) is 0 Å². The highest BCUT2D eigenvalue weighted by atomic mass is 79.9. The first-order valence-electron chi connectivity index (χ1n) is 6.62. The summed E-state index contributed by atoms with van der Waals surface area (Å²) in [5.74, 6) is 0.875. The maximum absolute atomic E-state index is 4.56. The predicted octanol–water partition coefficient (Wildman–Crippen LogP) is 4.60. The molecular formula is C17H14BrN3. The normalized spacial score (nSPS) is 11.1. The lowest BCUT2D eigenvalue weighted by Gasteiger charge is -2.03. The van der Waals surface area contributed by atoms with E-state index >= 15 is 0 Å². The van der Waals surface area contributed by atoms with Gasteiger partial charge in [-0.05, 0) is 51.3 Å². The van der Waals surface area contributed by atoms with Crippen LogP contribution in [-0.2, 0) is 0 Å². The van der Waals surface area contributed by atoms with E-state index in [9.17, 15) is 0 Å². The average Bonchev–Trinajstić information content (AvgIpc) is 2.52. The van der Waals surface area contributed by atoms with Gasteiger partial charge in [0.15, 0.2) is 0 Å². The molecule has 0 saturated heterocycles. The quantitative estimate of drug-likeness (QED) is 0.757. The Balaban J connectivity index is 1.93. The molecule has 104 valence electrons. The first kappa shape index (κ1) is 13.8. The fourth-order valence-corrected chi connectivity index (χ4v) is 2.47. The zero-order valence-corrected chi connectivity index (χ0v) is 13.1. The number of pyridine rings is 2. The molecule has 0 amide bonds. The van der Waals surface area contributed by atoms with Crippen LogP contribution >= 0.6 is 15.9 Å². The second-order valence-corrected chi connectivity index (χ2v) is 5.58. The molecule has 0 saturated carbocycles. The number of rotatable bonds is 3. The Hall–Kier alpha value is -2.20. The lowest BCUT2D eigenvalue weighted by molar-refractivity contribution is 1.30. The highest BCUT2D eigenvalue weighted by Gasteiger charge is 1.98. The van der Waals surface area contributed by atoms with Gasteiger partial charge in [-0.15, -0.1) is 0 Å². The standard InChI is InChI=1S/C17H14BrN3/c1-19-17-7-6-14-5-4-12(9-16(14)21-17)2-3-13-8-15(18)11-20-10-13/h2-11H,1H3,(H,19,21)/b3-2+. The van der Waals surface area contributed by atoms with Gasteiger partial charge in [0, 0.05) is 29.3 Å². The molecule has 1 N–H and O–H groups in total. The number of hydrogen-bond donors (Lipinski definition) is 1. The number of halogens is 1. The highest BCUT2D eigenvalue weighted by molar-refractivity contribution is 9.10. The fourth-order valence-electron chi connectivity index (χ4n) is 2.09. The predicted molar refractivity (Wildman–Crippen MR) is 92.2 cm³/mol. The van der Waals surface area contributed by atoms with Crippen molar-refractivity contribution in [1.29, 1.82) is 0 Å². The van der Waals surface area contributed by atoms with Gasteiger partial charge < -0.3 is 5.32 Å². The minimum Gasteiger partial charge on any atom is -0.373 e. The number of fused-ring (bicyclic) bond motifs is 1. The van der Waals surface area contributed by atoms with Crippen LogP contribution in [0.3, 0.4) is 0 Å². The number of nitrogens with one attached hydrogen (secondary N) is 1.